The van der Waals surface area contributed by atoms with E-state index in [1.54, 1.807) is 32.0 Å². The number of carbonyl (C=O) groups is 18. The molecule has 1 heterocycles. The number of primary amides is 2. The number of aliphatic hydroxyl groups excluding tert-OH is 1. The number of amides is 15. The lowest BCUT2D eigenvalue weighted by atomic mass is 10.00. The quantitative estimate of drug-likeness (QED) is 0.00490. The van der Waals surface area contributed by atoms with Crippen LogP contribution in [0.4, 0.5) is 22.7 Å². The second kappa shape index (κ2) is 59.1. The molecule has 4 aromatic rings. The SMILES string of the molecule is COc1ccc2c(N(C(C)=O)[C@@H](CO)C(=O)N[C@@H](CCC(=O)O)C(=O)N[C@H](C(=O)N[C@@H](CC(N)=O)C(=O)N[C@@H](CC(C)C)C(=O)N[C@@H](CC(=O)O)C(=O)N[C@@H](C)C(=O)N[C@@H](CCC(=O)O)C(=O)N[C@@H](Cc3ccccc3)C(=O)N[C@@H](CCCNC(=N)N)C(=O)N[C@@H](CCCCN)C(=O)NC(=N)NCCC[C@H](Nc3ccc([N+](=O)[O-])cc3[N+](=O)[O-])C(=O)N[C@@H](CCCNC(=N)N)C(N)=O)C(C)C)cc(=O)oc2c1. The highest BCUT2D eigenvalue weighted by atomic mass is 16.6. The summed E-state index contributed by atoms with van der Waals surface area (Å²) >= 11 is 0. The third kappa shape index (κ3) is 40.8. The monoisotopic (exact) mass is 2000 g/mol. The number of nitro benzene ring substituents is 2. The normalized spacial score (nSPS) is 13.7. The number of hydrogen-bond donors (Lipinski definition) is 28. The Morgan fingerprint density at radius 2 is 0.965 bits per heavy atom. The highest BCUT2D eigenvalue weighted by Crippen LogP contribution is 2.32. The molecule has 0 radical (unpaired) electrons. The summed E-state index contributed by atoms with van der Waals surface area (Å²) in [6, 6.07) is -7.46. The molecule has 0 saturated carbocycles. The number of carboxylic acids is 3. The van der Waals surface area contributed by atoms with E-state index >= 15 is 0 Å². The number of non-ortho nitro benzene ring substituents is 1. The molecular weight excluding hydrogens is 1880 g/mol. The number of unbranched alkanes of at least 4 members (excludes halogenated alkanes) is 1. The number of ether oxygens (including phenoxy) is 1. The molecule has 0 aliphatic heterocycles. The molecule has 778 valence electrons. The maximum absolute atomic E-state index is 14.9. The summed E-state index contributed by atoms with van der Waals surface area (Å²) in [5, 5.41) is 127. The molecule has 0 saturated heterocycles. The van der Waals surface area contributed by atoms with Gasteiger partial charge in [0.15, 0.2) is 17.9 Å². The van der Waals surface area contributed by atoms with Crippen LogP contribution in [0.25, 0.3) is 11.0 Å². The van der Waals surface area contributed by atoms with Gasteiger partial charge in [-0.25, -0.2) is 4.79 Å². The predicted molar refractivity (Wildman–Crippen MR) is 505 cm³/mol. The van der Waals surface area contributed by atoms with E-state index in [2.05, 4.69) is 85.1 Å². The first-order valence-corrected chi connectivity index (χ1v) is 44.7. The van der Waals surface area contributed by atoms with Gasteiger partial charge in [0, 0.05) is 69.4 Å². The minimum Gasteiger partial charge on any atom is -0.497 e. The van der Waals surface area contributed by atoms with Crippen molar-refractivity contribution < 1.29 is 126 Å². The van der Waals surface area contributed by atoms with Crippen molar-refractivity contribution in [2.75, 3.05) is 50.1 Å². The number of guanidine groups is 3. The Labute approximate surface area is 811 Å². The zero-order valence-corrected chi connectivity index (χ0v) is 78.9. The van der Waals surface area contributed by atoms with Crippen molar-refractivity contribution in [2.45, 2.75) is 229 Å². The number of nitrogens with one attached hydrogen (secondary N) is 19. The second-order valence-electron chi connectivity index (χ2n) is 33.4. The average molecular weight is 2000 g/mol. The number of aliphatic hydroxyl groups is 1. The maximum Gasteiger partial charge on any atom is 0.338 e. The van der Waals surface area contributed by atoms with Crippen molar-refractivity contribution >= 4 is 158 Å². The number of carboxylic acid groups (broad SMARTS) is 3. The van der Waals surface area contributed by atoms with Gasteiger partial charge < -0.3 is 138 Å². The molecule has 0 unspecified atom stereocenters. The van der Waals surface area contributed by atoms with Crippen molar-refractivity contribution in [3.63, 3.8) is 0 Å². The van der Waals surface area contributed by atoms with Gasteiger partial charge in [0.1, 0.15) is 95.6 Å². The minimum atomic E-state index is -2.13. The third-order valence-corrected chi connectivity index (χ3v) is 21.3. The molecule has 0 bridgehead atoms. The van der Waals surface area contributed by atoms with Crippen molar-refractivity contribution in [3.05, 3.63) is 109 Å². The van der Waals surface area contributed by atoms with Crippen LogP contribution in [0.3, 0.4) is 0 Å². The fraction of sp³-hybridized carbons (Fsp3) is 0.512. The Morgan fingerprint density at radius 3 is 1.49 bits per heavy atom. The van der Waals surface area contributed by atoms with Gasteiger partial charge >= 0.3 is 23.5 Å². The molecule has 0 spiro atoms. The highest BCUT2D eigenvalue weighted by molar-refractivity contribution is 6.08. The van der Waals surface area contributed by atoms with Crippen molar-refractivity contribution in [2.24, 2.45) is 40.5 Å². The van der Waals surface area contributed by atoms with Gasteiger partial charge in [0.25, 0.3) is 11.4 Å². The van der Waals surface area contributed by atoms with E-state index in [-0.39, 0.29) is 124 Å². The standard InChI is InChI=1S/C86H125N27O29/c1-42(2)34-57(105-81(134)59(38-65(88)116)108-83(136)70(43(3)4)109-76(129)56(27-29-67(119)120)104-82(135)63(41-114)111(45(6)115)61-40-69(123)142-64-37-48(141-7)23-24-49(61)64)79(132)107-60(39-68(121)122)78(131)98-44(5)72(125)101-55(26-28-66(117)118)75(128)106-58(35-46-16-9-8-10-17-46)80(133)103-54(21-14-32-96-85(92)93)74(127)102-53(18-11-12-30-87)77(130)110-86(94)97-33-15-20-52(73(126)100-51(71(89)124)19-13-31-95-84(90)91)99-50-25-22-47(112(137)138)36-62(50)113(139)140/h8-10,16-17,22-25,36-37,40,42-44,51-60,63,70,99,114H,11-15,18-21,26-35,38-39,41,87H2,1-7H3,(H2,88,116)(H2,89,124)(H,98,131)(H,100,126)(H,101,125)(H,102,127)(H,103,133)(H,104,135)(H,105,134)(H,106,128)(H,107,132)(H,108,136)(H,109,129)(H,117,118)(H,119,120)(H,121,122)(H4,90,91,95)(H4,92,93,96)(H3,94,97,110,130)/t44-,51-,52-,53-,54-,55-,56-,57-,58-,59-,60-,63-,70-/m0/s1. The summed E-state index contributed by atoms with van der Waals surface area (Å²) in [5.74, 6) is -24.9. The Hall–Kier alpha value is -16.3. The Balaban J connectivity index is 1.58. The third-order valence-electron chi connectivity index (χ3n) is 21.3. The van der Waals surface area contributed by atoms with Crippen LogP contribution in [0.15, 0.2) is 82.0 Å². The number of rotatable bonds is 63. The van der Waals surface area contributed by atoms with Crippen LogP contribution in [-0.4, -0.2) is 273 Å². The minimum absolute atomic E-state index is 0.0341. The lowest BCUT2D eigenvalue weighted by molar-refractivity contribution is -0.393. The number of nitro groups is 2. The number of fused-ring (bicyclic) bond motifs is 1. The largest absolute Gasteiger partial charge is 0.497 e. The number of aliphatic carboxylic acids is 3. The zero-order valence-electron chi connectivity index (χ0n) is 78.9. The van der Waals surface area contributed by atoms with Crippen LogP contribution in [-0.2, 0) is 92.7 Å². The van der Waals surface area contributed by atoms with Gasteiger partial charge in [-0.15, -0.1) is 0 Å². The van der Waals surface area contributed by atoms with E-state index in [4.69, 9.17) is 54.1 Å². The van der Waals surface area contributed by atoms with Gasteiger partial charge in [-0.05, 0) is 126 Å². The van der Waals surface area contributed by atoms with Gasteiger partial charge in [0.2, 0.25) is 88.6 Å². The summed E-state index contributed by atoms with van der Waals surface area (Å²) in [6.07, 6.45) is -6.28. The van der Waals surface area contributed by atoms with Gasteiger partial charge in [0.05, 0.1) is 48.2 Å². The van der Waals surface area contributed by atoms with E-state index in [1.807, 2.05) is 0 Å². The molecule has 142 heavy (non-hydrogen) atoms. The number of nitrogens with two attached hydrogens (primary N) is 5. The highest BCUT2D eigenvalue weighted by Gasteiger charge is 2.41. The molecule has 3 aromatic carbocycles. The van der Waals surface area contributed by atoms with Crippen LogP contribution in [0.5, 0.6) is 5.75 Å². The van der Waals surface area contributed by atoms with Gasteiger partial charge in [-0.3, -0.25) is 133 Å². The summed E-state index contributed by atoms with van der Waals surface area (Å²) < 4.78 is 10.5. The number of hydrogen-bond acceptors (Lipinski definition) is 31. The average Bonchev–Trinajstić information content (AvgIpc) is 0.773. The smallest absolute Gasteiger partial charge is 0.338 e. The first-order chi connectivity index (χ1) is 66.9. The first-order valence-electron chi connectivity index (χ1n) is 44.7. The van der Waals surface area contributed by atoms with E-state index in [0.29, 0.717) is 18.1 Å². The molecule has 0 aliphatic rings. The van der Waals surface area contributed by atoms with Crippen molar-refractivity contribution in [3.8, 4) is 5.75 Å². The Morgan fingerprint density at radius 1 is 0.493 bits per heavy atom. The molecule has 33 N–H and O–H groups in total. The fourth-order valence-electron chi connectivity index (χ4n) is 14.1. The van der Waals surface area contributed by atoms with Crippen molar-refractivity contribution in [1.29, 1.82) is 16.2 Å². The summed E-state index contributed by atoms with van der Waals surface area (Å²) in [7, 11) is 1.32. The van der Waals surface area contributed by atoms with Crippen LogP contribution in [0.1, 0.15) is 150 Å². The fourth-order valence-corrected chi connectivity index (χ4v) is 14.1. The van der Waals surface area contributed by atoms with Crippen LogP contribution >= 0.6 is 0 Å². The maximum atomic E-state index is 14.9. The molecule has 56 heteroatoms. The molecule has 56 nitrogen and oxygen atoms in total. The molecule has 0 aliphatic carbocycles. The van der Waals surface area contributed by atoms with E-state index in [1.165, 1.54) is 51.3 Å². The zero-order chi connectivity index (χ0) is 106. The van der Waals surface area contributed by atoms with E-state index < -0.39 is 281 Å². The second-order valence-corrected chi connectivity index (χ2v) is 33.4. The molecule has 0 fully saturated rings. The van der Waals surface area contributed by atoms with Crippen LogP contribution < -0.4 is 129 Å². The number of benzene rings is 3. The topological polar surface area (TPSA) is 911 Å². The number of carbonyl (C=O) groups excluding carboxylic acids is 15. The lowest BCUT2D eigenvalue weighted by Gasteiger charge is -2.31. The summed E-state index contributed by atoms with van der Waals surface area (Å²) in [5.41, 5.74) is 25.0. The van der Waals surface area contributed by atoms with E-state index in [9.17, 15) is 132 Å². The first kappa shape index (κ1) is 118. The molecule has 4 rings (SSSR count). The molecule has 13 atom stereocenters. The number of anilines is 2. The van der Waals surface area contributed by atoms with Gasteiger partial charge in [-0.2, -0.15) is 0 Å². The lowest BCUT2D eigenvalue weighted by Crippen LogP contribution is -2.61. The predicted octanol–water partition coefficient (Wildman–Crippen LogP) is -5.25. The number of nitrogens with zero attached hydrogens (tertiary/aromatic N) is 3. The Kier molecular flexibility index (Phi) is 49.1. The van der Waals surface area contributed by atoms with Crippen LogP contribution in [0.2, 0.25) is 0 Å². The van der Waals surface area contributed by atoms with E-state index in [0.717, 1.165) is 36.9 Å². The summed E-state index contributed by atoms with van der Waals surface area (Å²) in [6.45, 7) is 6.65. The molecular formula is C86H125N27O29. The van der Waals surface area contributed by atoms with Crippen molar-refractivity contribution in [1.82, 2.24) is 79.8 Å². The Bertz CT molecular complexity index is 5280. The van der Waals surface area contributed by atoms with Crippen LogP contribution in [0, 0.1) is 48.3 Å². The summed E-state index contributed by atoms with van der Waals surface area (Å²) in [4.78, 5) is 283. The van der Waals surface area contributed by atoms with Gasteiger partial charge in [-0.1, -0.05) is 58.0 Å². The number of methoxy groups -OCH3 is 1. The molecule has 1 aromatic heterocycles. The molecule has 15 amide bonds.